The molecule has 1 atom stereocenters. The molecule has 0 N–H and O–H groups in total. The molecule has 0 radical (unpaired) electrons. The van der Waals surface area contributed by atoms with Gasteiger partial charge in [0, 0.05) is 37.3 Å². The monoisotopic (exact) mass is 363 g/mol. The Balaban J connectivity index is 1.92. The highest BCUT2D eigenvalue weighted by atomic mass is 16.5. The van der Waals surface area contributed by atoms with E-state index in [1.54, 1.807) is 7.11 Å². The summed E-state index contributed by atoms with van der Waals surface area (Å²) in [5.74, 6) is 0.426. The SMILES string of the molecule is CCC(CC)C(=O)N1CCCCC1c1nn(CCOC)c2c1COCC2. The molecule has 0 aromatic carbocycles. The van der Waals surface area contributed by atoms with Gasteiger partial charge in [0.1, 0.15) is 0 Å². The lowest BCUT2D eigenvalue weighted by atomic mass is 9.92. The summed E-state index contributed by atoms with van der Waals surface area (Å²) < 4.78 is 13.1. The Bertz CT molecular complexity index is 610. The molecule has 3 rings (SSSR count). The molecule has 1 unspecified atom stereocenters. The van der Waals surface area contributed by atoms with Crippen molar-refractivity contribution < 1.29 is 14.3 Å². The van der Waals surface area contributed by atoms with Crippen molar-refractivity contribution in [3.05, 3.63) is 17.0 Å². The Labute approximate surface area is 156 Å². The van der Waals surface area contributed by atoms with E-state index < -0.39 is 0 Å². The molecule has 2 aliphatic rings. The zero-order valence-corrected chi connectivity index (χ0v) is 16.5. The quantitative estimate of drug-likeness (QED) is 0.747. The molecule has 1 aromatic rings. The smallest absolute Gasteiger partial charge is 0.226 e. The summed E-state index contributed by atoms with van der Waals surface area (Å²) >= 11 is 0. The van der Waals surface area contributed by atoms with Gasteiger partial charge in [-0.1, -0.05) is 13.8 Å². The van der Waals surface area contributed by atoms with Crippen molar-refractivity contribution in [1.29, 1.82) is 0 Å². The van der Waals surface area contributed by atoms with Crippen LogP contribution in [0.5, 0.6) is 0 Å². The zero-order valence-electron chi connectivity index (χ0n) is 16.5. The average Bonchev–Trinajstić information content (AvgIpc) is 3.06. The van der Waals surface area contributed by atoms with Gasteiger partial charge in [0.15, 0.2) is 0 Å². The van der Waals surface area contributed by atoms with Crippen LogP contribution in [0.1, 0.15) is 68.9 Å². The first-order valence-electron chi connectivity index (χ1n) is 10.2. The normalized spacial score (nSPS) is 20.5. The number of nitrogens with zero attached hydrogens (tertiary/aromatic N) is 3. The highest BCUT2D eigenvalue weighted by Gasteiger charge is 2.35. The third-order valence-electron chi connectivity index (χ3n) is 5.87. The van der Waals surface area contributed by atoms with Crippen LogP contribution in [-0.4, -0.2) is 47.5 Å². The van der Waals surface area contributed by atoms with E-state index in [0.717, 1.165) is 63.9 Å². The van der Waals surface area contributed by atoms with Crippen LogP contribution in [0.25, 0.3) is 0 Å². The van der Waals surface area contributed by atoms with Crippen molar-refractivity contribution in [3.8, 4) is 0 Å². The zero-order chi connectivity index (χ0) is 18.5. The number of rotatable bonds is 7. The van der Waals surface area contributed by atoms with Gasteiger partial charge in [0.25, 0.3) is 0 Å². The molecular weight excluding hydrogens is 330 g/mol. The van der Waals surface area contributed by atoms with Crippen LogP contribution >= 0.6 is 0 Å². The first kappa shape index (κ1) is 19.4. The van der Waals surface area contributed by atoms with Crippen molar-refractivity contribution in [3.63, 3.8) is 0 Å². The molecule has 6 heteroatoms. The van der Waals surface area contributed by atoms with E-state index in [9.17, 15) is 4.79 Å². The predicted octanol–water partition coefficient (Wildman–Crippen LogP) is 3.09. The van der Waals surface area contributed by atoms with Crippen LogP contribution in [0.15, 0.2) is 0 Å². The van der Waals surface area contributed by atoms with Crippen molar-refractivity contribution in [1.82, 2.24) is 14.7 Å². The van der Waals surface area contributed by atoms with Gasteiger partial charge in [-0.3, -0.25) is 9.48 Å². The number of hydrogen-bond donors (Lipinski definition) is 0. The highest BCUT2D eigenvalue weighted by molar-refractivity contribution is 5.79. The van der Waals surface area contributed by atoms with Crippen molar-refractivity contribution in [2.24, 2.45) is 5.92 Å². The van der Waals surface area contributed by atoms with Crippen molar-refractivity contribution in [2.45, 2.75) is 71.6 Å². The van der Waals surface area contributed by atoms with Crippen LogP contribution in [0.4, 0.5) is 0 Å². The number of carbonyl (C=O) groups excluding carboxylic acids is 1. The van der Waals surface area contributed by atoms with E-state index in [0.29, 0.717) is 19.1 Å². The number of aromatic nitrogens is 2. The molecule has 6 nitrogen and oxygen atoms in total. The summed E-state index contributed by atoms with van der Waals surface area (Å²) in [4.78, 5) is 15.2. The predicted molar refractivity (Wildman–Crippen MR) is 99.8 cm³/mol. The van der Waals surface area contributed by atoms with E-state index in [4.69, 9.17) is 14.6 Å². The van der Waals surface area contributed by atoms with Crippen molar-refractivity contribution >= 4 is 5.91 Å². The Kier molecular flexibility index (Phi) is 6.70. The Hall–Kier alpha value is -1.40. The second-order valence-corrected chi connectivity index (χ2v) is 7.39. The maximum Gasteiger partial charge on any atom is 0.226 e. The molecule has 1 aromatic heterocycles. The Morgan fingerprint density at radius 3 is 2.88 bits per heavy atom. The molecule has 1 fully saturated rings. The summed E-state index contributed by atoms with van der Waals surface area (Å²) in [6, 6.07) is 0.0936. The fourth-order valence-electron chi connectivity index (χ4n) is 4.32. The van der Waals surface area contributed by atoms with Gasteiger partial charge in [-0.2, -0.15) is 5.10 Å². The lowest BCUT2D eigenvalue weighted by molar-refractivity contribution is -0.139. The molecule has 0 bridgehead atoms. The molecule has 1 saturated heterocycles. The van der Waals surface area contributed by atoms with Crippen LogP contribution in [0.2, 0.25) is 0 Å². The van der Waals surface area contributed by atoms with E-state index in [1.165, 1.54) is 11.3 Å². The largest absolute Gasteiger partial charge is 0.383 e. The van der Waals surface area contributed by atoms with Crippen LogP contribution in [0.3, 0.4) is 0 Å². The Morgan fingerprint density at radius 2 is 2.15 bits per heavy atom. The van der Waals surface area contributed by atoms with Gasteiger partial charge in [-0.25, -0.2) is 0 Å². The summed E-state index contributed by atoms with van der Waals surface area (Å²) in [5, 5.41) is 4.96. The number of amides is 1. The third-order valence-corrected chi connectivity index (χ3v) is 5.87. The van der Waals surface area contributed by atoms with Crippen LogP contribution in [0, 0.1) is 5.92 Å². The number of likely N-dealkylation sites (tertiary alicyclic amines) is 1. The maximum atomic E-state index is 13.1. The molecule has 0 saturated carbocycles. The minimum atomic E-state index is 0.0936. The van der Waals surface area contributed by atoms with Gasteiger partial charge in [-0.05, 0) is 32.1 Å². The molecule has 3 heterocycles. The van der Waals surface area contributed by atoms with Gasteiger partial charge in [0.05, 0.1) is 38.1 Å². The second-order valence-electron chi connectivity index (χ2n) is 7.39. The molecule has 1 amide bonds. The third kappa shape index (κ3) is 3.81. The lowest BCUT2D eigenvalue weighted by Crippen LogP contribution is -2.42. The topological polar surface area (TPSA) is 56.6 Å². The summed E-state index contributed by atoms with van der Waals surface area (Å²) in [7, 11) is 1.72. The fourth-order valence-corrected chi connectivity index (χ4v) is 4.32. The number of fused-ring (bicyclic) bond motifs is 1. The minimum absolute atomic E-state index is 0.0936. The second kappa shape index (κ2) is 9.00. The van der Waals surface area contributed by atoms with Gasteiger partial charge in [-0.15, -0.1) is 0 Å². The minimum Gasteiger partial charge on any atom is -0.383 e. The standard InChI is InChI=1S/C20H33N3O3/c1-4-15(5-2)20(24)22-10-7-6-8-18(22)19-16-14-26-12-9-17(16)23(21-19)11-13-25-3/h15,18H,4-14H2,1-3H3. The van der Waals surface area contributed by atoms with E-state index in [-0.39, 0.29) is 12.0 Å². The maximum absolute atomic E-state index is 13.1. The first-order chi connectivity index (χ1) is 12.7. The molecule has 0 spiro atoms. The molecule has 2 aliphatic heterocycles. The lowest BCUT2D eigenvalue weighted by Gasteiger charge is -2.37. The summed E-state index contributed by atoms with van der Waals surface area (Å²) in [6.45, 7) is 7.83. The Morgan fingerprint density at radius 1 is 1.35 bits per heavy atom. The summed E-state index contributed by atoms with van der Waals surface area (Å²) in [5.41, 5.74) is 3.54. The number of ether oxygens (including phenoxy) is 2. The summed E-state index contributed by atoms with van der Waals surface area (Å²) in [6.07, 6.45) is 5.94. The van der Waals surface area contributed by atoms with Crippen LogP contribution in [-0.2, 0) is 33.8 Å². The van der Waals surface area contributed by atoms with Gasteiger partial charge >= 0.3 is 0 Å². The fraction of sp³-hybridized carbons (Fsp3) is 0.800. The molecule has 0 aliphatic carbocycles. The molecule has 26 heavy (non-hydrogen) atoms. The number of hydrogen-bond acceptors (Lipinski definition) is 4. The molecule has 146 valence electrons. The van der Waals surface area contributed by atoms with Crippen molar-refractivity contribution in [2.75, 3.05) is 26.9 Å². The van der Waals surface area contributed by atoms with Crippen LogP contribution < -0.4 is 0 Å². The van der Waals surface area contributed by atoms with E-state index in [2.05, 4.69) is 23.4 Å². The van der Waals surface area contributed by atoms with Gasteiger partial charge < -0.3 is 14.4 Å². The average molecular weight is 364 g/mol. The molecular formula is C20H33N3O3. The van der Waals surface area contributed by atoms with E-state index >= 15 is 0 Å². The number of methoxy groups -OCH3 is 1. The highest BCUT2D eigenvalue weighted by Crippen LogP contribution is 2.36. The van der Waals surface area contributed by atoms with Gasteiger partial charge in [0.2, 0.25) is 5.91 Å². The first-order valence-corrected chi connectivity index (χ1v) is 10.2. The number of carbonyl (C=O) groups is 1. The van der Waals surface area contributed by atoms with E-state index in [1.807, 2.05) is 0 Å². The number of piperidine rings is 1.